The minimum Gasteiger partial charge on any atom is -0.352 e. The second-order valence-electron chi connectivity index (χ2n) is 5.51. The fourth-order valence-electron chi connectivity index (χ4n) is 3.70. The molecule has 1 heterocycles. The first-order valence-electron chi connectivity index (χ1n) is 6.32. The summed E-state index contributed by atoms with van der Waals surface area (Å²) in [4.78, 5) is 27.8. The summed E-state index contributed by atoms with van der Waals surface area (Å²) < 4.78 is 0. The van der Waals surface area contributed by atoms with Crippen LogP contribution >= 0.6 is 0 Å². The van der Waals surface area contributed by atoms with Crippen LogP contribution in [0.2, 0.25) is 0 Å². The second kappa shape index (κ2) is 2.91. The zero-order valence-electron chi connectivity index (χ0n) is 10.1. The number of hydrogen-bond acceptors (Lipinski definition) is 2. The molecule has 18 heavy (non-hydrogen) atoms. The van der Waals surface area contributed by atoms with Gasteiger partial charge in [-0.3, -0.25) is 9.59 Å². The van der Waals surface area contributed by atoms with Crippen LogP contribution in [-0.2, 0) is 4.79 Å². The number of H-pyrrole nitrogens is 1. The lowest BCUT2D eigenvalue weighted by molar-refractivity contribution is -0.123. The van der Waals surface area contributed by atoms with Gasteiger partial charge < -0.3 is 4.98 Å². The highest BCUT2D eigenvalue weighted by atomic mass is 16.2. The Hall–Kier alpha value is -1.90. The highest BCUT2D eigenvalue weighted by molar-refractivity contribution is 6.21. The normalized spacial score (nSPS) is 29.9. The minimum atomic E-state index is -0.800. The van der Waals surface area contributed by atoms with Crippen molar-refractivity contribution in [1.29, 1.82) is 0 Å². The zero-order valence-corrected chi connectivity index (χ0v) is 10.1. The summed E-state index contributed by atoms with van der Waals surface area (Å²) in [6.07, 6.45) is 1.34. The van der Waals surface area contributed by atoms with Crippen molar-refractivity contribution in [3.63, 3.8) is 0 Å². The summed E-state index contributed by atoms with van der Waals surface area (Å²) in [5, 5.41) is 1.10. The van der Waals surface area contributed by atoms with E-state index in [0.717, 1.165) is 22.9 Å². The van der Waals surface area contributed by atoms with E-state index in [1.165, 1.54) is 0 Å². The van der Waals surface area contributed by atoms with Crippen LogP contribution in [0.5, 0.6) is 0 Å². The molecule has 1 saturated carbocycles. The van der Waals surface area contributed by atoms with Gasteiger partial charge in [0.25, 0.3) is 0 Å². The number of aromatic amines is 1. The number of benzene rings is 1. The van der Waals surface area contributed by atoms with Gasteiger partial charge in [-0.25, -0.2) is 0 Å². The van der Waals surface area contributed by atoms with Gasteiger partial charge in [-0.15, -0.1) is 0 Å². The molecule has 0 bridgehead atoms. The van der Waals surface area contributed by atoms with Gasteiger partial charge in [0, 0.05) is 23.2 Å². The van der Waals surface area contributed by atoms with Crippen LogP contribution < -0.4 is 0 Å². The quantitative estimate of drug-likeness (QED) is 0.719. The fourth-order valence-corrected chi connectivity index (χ4v) is 3.70. The lowest BCUT2D eigenvalue weighted by atomic mass is 9.79. The summed E-state index contributed by atoms with van der Waals surface area (Å²) in [5.74, 6) is 0.163. The molecule has 2 aromatic rings. The number of Topliss-reactive ketones (excluding diaryl/α,β-unsaturated/α-hetero) is 2. The smallest absolute Gasteiger partial charge is 0.193 e. The molecule has 3 nitrogen and oxygen atoms in total. The zero-order chi connectivity index (χ0) is 12.5. The maximum atomic E-state index is 12.5. The minimum absolute atomic E-state index is 0.0128. The molecule has 1 aromatic carbocycles. The number of hydrogen-bond donors (Lipinski definition) is 1. The third-order valence-electron chi connectivity index (χ3n) is 4.73. The summed E-state index contributed by atoms with van der Waals surface area (Å²) in [6, 6.07) is 7.95. The predicted octanol–water partition coefficient (Wildman–Crippen LogP) is 2.82. The van der Waals surface area contributed by atoms with Gasteiger partial charge in [-0.2, -0.15) is 0 Å². The van der Waals surface area contributed by atoms with Crippen LogP contribution in [0.1, 0.15) is 41.7 Å². The third-order valence-corrected chi connectivity index (χ3v) is 4.73. The van der Waals surface area contributed by atoms with Gasteiger partial charge in [0.15, 0.2) is 5.78 Å². The maximum Gasteiger partial charge on any atom is 0.193 e. The molecule has 2 atom stereocenters. The summed E-state index contributed by atoms with van der Waals surface area (Å²) in [6.45, 7) is 1.82. The molecule has 1 aromatic heterocycles. The molecule has 0 amide bonds. The van der Waals surface area contributed by atoms with Crippen LogP contribution in [0, 0.1) is 5.41 Å². The van der Waals surface area contributed by atoms with E-state index in [9.17, 15) is 9.59 Å². The molecule has 0 aliphatic heterocycles. The number of fused-ring (bicyclic) bond motifs is 5. The number of para-hydroxylation sites is 1. The van der Waals surface area contributed by atoms with Crippen LogP contribution in [0.25, 0.3) is 10.9 Å². The SMILES string of the molecule is C[C@]12C(=O)CC[C@H]1c1c([nH]c3ccccc13)C2=O. The number of carbonyl (C=O) groups excluding carboxylic acids is 2. The van der Waals surface area contributed by atoms with E-state index in [1.807, 2.05) is 31.2 Å². The molecule has 1 N–H and O–H groups in total. The van der Waals surface area contributed by atoms with Crippen molar-refractivity contribution in [2.24, 2.45) is 5.41 Å². The number of rotatable bonds is 0. The van der Waals surface area contributed by atoms with Gasteiger partial charge in [-0.05, 0) is 25.0 Å². The Kier molecular flexibility index (Phi) is 1.63. The molecule has 0 unspecified atom stereocenters. The van der Waals surface area contributed by atoms with E-state index in [0.29, 0.717) is 12.1 Å². The molecule has 0 radical (unpaired) electrons. The van der Waals surface area contributed by atoms with Gasteiger partial charge in [-0.1, -0.05) is 18.2 Å². The first-order chi connectivity index (χ1) is 8.64. The lowest BCUT2D eigenvalue weighted by Gasteiger charge is -2.20. The van der Waals surface area contributed by atoms with E-state index >= 15 is 0 Å². The van der Waals surface area contributed by atoms with Gasteiger partial charge in [0.05, 0.1) is 11.1 Å². The molecule has 0 spiro atoms. The van der Waals surface area contributed by atoms with Crippen molar-refractivity contribution in [3.8, 4) is 0 Å². The predicted molar refractivity (Wildman–Crippen MR) is 67.7 cm³/mol. The van der Waals surface area contributed by atoms with E-state index in [-0.39, 0.29) is 17.5 Å². The third kappa shape index (κ3) is 0.891. The van der Waals surface area contributed by atoms with Crippen molar-refractivity contribution >= 4 is 22.5 Å². The number of aromatic nitrogens is 1. The molecular formula is C15H13NO2. The van der Waals surface area contributed by atoms with Crippen molar-refractivity contribution in [2.45, 2.75) is 25.7 Å². The first kappa shape index (κ1) is 10.1. The Morgan fingerprint density at radius 2 is 2.06 bits per heavy atom. The Bertz CT molecular complexity index is 712. The Morgan fingerprint density at radius 3 is 2.89 bits per heavy atom. The standard InChI is InChI=1S/C15H13NO2/c1-15-9(6-7-11(15)17)12-8-4-2-3-5-10(8)16-13(12)14(15)18/h2-5,9,16H,6-7H2,1H3/t9-,15+/m0/s1. The average Bonchev–Trinajstić information content (AvgIpc) is 2.94. The van der Waals surface area contributed by atoms with Crippen molar-refractivity contribution in [1.82, 2.24) is 4.98 Å². The molecule has 2 aliphatic rings. The van der Waals surface area contributed by atoms with Crippen LogP contribution in [0.3, 0.4) is 0 Å². The molecule has 0 saturated heterocycles. The highest BCUT2D eigenvalue weighted by Gasteiger charge is 2.59. The second-order valence-corrected chi connectivity index (χ2v) is 5.51. The summed E-state index contributed by atoms with van der Waals surface area (Å²) in [7, 11) is 0. The van der Waals surface area contributed by atoms with E-state index in [4.69, 9.17) is 0 Å². The molecular weight excluding hydrogens is 226 g/mol. The van der Waals surface area contributed by atoms with Gasteiger partial charge >= 0.3 is 0 Å². The van der Waals surface area contributed by atoms with Crippen LogP contribution in [-0.4, -0.2) is 16.6 Å². The highest BCUT2D eigenvalue weighted by Crippen LogP contribution is 2.56. The van der Waals surface area contributed by atoms with E-state index in [1.54, 1.807) is 0 Å². The van der Waals surface area contributed by atoms with Crippen molar-refractivity contribution in [3.05, 3.63) is 35.5 Å². The van der Waals surface area contributed by atoms with E-state index < -0.39 is 5.41 Å². The van der Waals surface area contributed by atoms with Crippen molar-refractivity contribution < 1.29 is 9.59 Å². The maximum absolute atomic E-state index is 12.5. The number of ketones is 2. The van der Waals surface area contributed by atoms with E-state index in [2.05, 4.69) is 4.98 Å². The lowest BCUT2D eigenvalue weighted by Crippen LogP contribution is -2.31. The molecule has 4 rings (SSSR count). The Balaban J connectivity index is 2.08. The fraction of sp³-hybridized carbons (Fsp3) is 0.333. The monoisotopic (exact) mass is 239 g/mol. The molecule has 90 valence electrons. The number of carbonyl (C=O) groups is 2. The molecule has 1 fully saturated rings. The van der Waals surface area contributed by atoms with Crippen LogP contribution in [0.4, 0.5) is 0 Å². The number of nitrogens with one attached hydrogen (secondary N) is 1. The topological polar surface area (TPSA) is 49.9 Å². The molecule has 3 heteroatoms. The summed E-state index contributed by atoms with van der Waals surface area (Å²) >= 11 is 0. The van der Waals surface area contributed by atoms with Crippen molar-refractivity contribution in [2.75, 3.05) is 0 Å². The van der Waals surface area contributed by atoms with Crippen LogP contribution in [0.15, 0.2) is 24.3 Å². The average molecular weight is 239 g/mol. The van der Waals surface area contributed by atoms with Gasteiger partial charge in [0.1, 0.15) is 5.78 Å². The Morgan fingerprint density at radius 1 is 1.28 bits per heavy atom. The largest absolute Gasteiger partial charge is 0.352 e. The first-order valence-corrected chi connectivity index (χ1v) is 6.32. The molecule has 2 aliphatic carbocycles. The Labute approximate surface area is 104 Å². The summed E-state index contributed by atoms with van der Waals surface area (Å²) in [5.41, 5.74) is 1.93. The van der Waals surface area contributed by atoms with Gasteiger partial charge in [0.2, 0.25) is 0 Å².